The summed E-state index contributed by atoms with van der Waals surface area (Å²) in [6.07, 6.45) is 3.23. The molecular weight excluding hydrogens is 316 g/mol. The fourth-order valence-corrected chi connectivity index (χ4v) is 3.08. The standard InChI is InChI=1S/C15H16N4O3S/c1-9-13(14(18-22-9)12-4-3-5-23-12)15(21)17-10(7-20)11-6-16-8-19(11)2/h3-6,8,10,20H,7H2,1-2H3,(H,17,21). The van der Waals surface area contributed by atoms with Gasteiger partial charge in [-0.05, 0) is 18.4 Å². The van der Waals surface area contributed by atoms with Gasteiger partial charge >= 0.3 is 0 Å². The number of aliphatic hydroxyl groups excluding tert-OH is 1. The number of thiophene rings is 1. The maximum atomic E-state index is 12.7. The topological polar surface area (TPSA) is 93.2 Å². The van der Waals surface area contributed by atoms with Crippen LogP contribution in [0.4, 0.5) is 0 Å². The lowest BCUT2D eigenvalue weighted by Crippen LogP contribution is -2.32. The highest BCUT2D eigenvalue weighted by Crippen LogP contribution is 2.29. The first-order chi connectivity index (χ1) is 11.1. The number of nitrogens with one attached hydrogen (secondary N) is 1. The SMILES string of the molecule is Cc1onc(-c2cccs2)c1C(=O)NC(CO)c1cncn1C. The zero-order valence-electron chi connectivity index (χ0n) is 12.7. The summed E-state index contributed by atoms with van der Waals surface area (Å²) in [5.41, 5.74) is 1.61. The molecule has 0 spiro atoms. The Balaban J connectivity index is 1.89. The van der Waals surface area contributed by atoms with E-state index in [1.807, 2.05) is 17.5 Å². The van der Waals surface area contributed by atoms with Crippen LogP contribution in [0.15, 0.2) is 34.6 Å². The number of aliphatic hydroxyl groups is 1. The first-order valence-electron chi connectivity index (χ1n) is 7.00. The van der Waals surface area contributed by atoms with Gasteiger partial charge in [0.25, 0.3) is 5.91 Å². The first kappa shape index (κ1) is 15.4. The van der Waals surface area contributed by atoms with Crippen LogP contribution in [0.25, 0.3) is 10.6 Å². The molecular formula is C15H16N4O3S. The third-order valence-corrected chi connectivity index (χ3v) is 4.42. The molecule has 0 saturated carbocycles. The van der Waals surface area contributed by atoms with Crippen molar-refractivity contribution in [3.63, 3.8) is 0 Å². The van der Waals surface area contributed by atoms with Crippen molar-refractivity contribution < 1.29 is 14.4 Å². The molecule has 3 rings (SSSR count). The predicted molar refractivity (Wildman–Crippen MR) is 85.1 cm³/mol. The molecule has 1 amide bonds. The highest BCUT2D eigenvalue weighted by atomic mass is 32.1. The van der Waals surface area contributed by atoms with Crippen LogP contribution in [0.3, 0.4) is 0 Å². The fraction of sp³-hybridized carbons (Fsp3) is 0.267. The Morgan fingerprint density at radius 3 is 3.00 bits per heavy atom. The lowest BCUT2D eigenvalue weighted by atomic mass is 10.1. The number of hydrogen-bond acceptors (Lipinski definition) is 6. The summed E-state index contributed by atoms with van der Waals surface area (Å²) in [6, 6.07) is 3.21. The van der Waals surface area contributed by atoms with E-state index < -0.39 is 6.04 Å². The minimum atomic E-state index is -0.555. The average molecular weight is 332 g/mol. The van der Waals surface area contributed by atoms with Gasteiger partial charge in [0, 0.05) is 7.05 Å². The Labute approximate surface area is 136 Å². The van der Waals surface area contributed by atoms with Crippen molar-refractivity contribution in [1.82, 2.24) is 20.0 Å². The number of aryl methyl sites for hydroxylation is 2. The largest absolute Gasteiger partial charge is 0.394 e. The van der Waals surface area contributed by atoms with E-state index in [0.717, 1.165) is 4.88 Å². The number of carbonyl (C=O) groups is 1. The summed E-state index contributed by atoms with van der Waals surface area (Å²) in [4.78, 5) is 17.5. The van der Waals surface area contributed by atoms with Gasteiger partial charge in [-0.3, -0.25) is 4.79 Å². The number of rotatable bonds is 5. The molecule has 1 unspecified atom stereocenters. The minimum Gasteiger partial charge on any atom is -0.394 e. The van der Waals surface area contributed by atoms with Crippen LogP contribution in [0, 0.1) is 6.92 Å². The van der Waals surface area contributed by atoms with Crippen molar-refractivity contribution in [3.05, 3.63) is 47.1 Å². The normalized spacial score (nSPS) is 12.3. The van der Waals surface area contributed by atoms with Crippen LogP contribution >= 0.6 is 11.3 Å². The van der Waals surface area contributed by atoms with E-state index in [-0.39, 0.29) is 12.5 Å². The Hall–Kier alpha value is -2.45. The summed E-state index contributed by atoms with van der Waals surface area (Å²) < 4.78 is 6.94. The Kier molecular flexibility index (Phi) is 4.26. The molecule has 0 aliphatic carbocycles. The molecule has 120 valence electrons. The van der Waals surface area contributed by atoms with Gasteiger partial charge in [-0.2, -0.15) is 0 Å². The van der Waals surface area contributed by atoms with Crippen LogP contribution in [0.2, 0.25) is 0 Å². The van der Waals surface area contributed by atoms with Crippen molar-refractivity contribution in [2.24, 2.45) is 7.05 Å². The third-order valence-electron chi connectivity index (χ3n) is 3.54. The second-order valence-electron chi connectivity index (χ2n) is 5.08. The fourth-order valence-electron chi connectivity index (χ4n) is 2.37. The van der Waals surface area contributed by atoms with E-state index in [0.29, 0.717) is 22.7 Å². The number of imidazole rings is 1. The van der Waals surface area contributed by atoms with Crippen molar-refractivity contribution in [1.29, 1.82) is 0 Å². The van der Waals surface area contributed by atoms with Crippen molar-refractivity contribution in [2.45, 2.75) is 13.0 Å². The molecule has 0 radical (unpaired) electrons. The number of carbonyl (C=O) groups excluding carboxylic acids is 1. The van der Waals surface area contributed by atoms with E-state index in [9.17, 15) is 9.90 Å². The second kappa shape index (κ2) is 6.35. The van der Waals surface area contributed by atoms with Gasteiger partial charge in [-0.1, -0.05) is 11.2 Å². The van der Waals surface area contributed by atoms with Crippen LogP contribution in [0.1, 0.15) is 27.9 Å². The minimum absolute atomic E-state index is 0.232. The summed E-state index contributed by atoms with van der Waals surface area (Å²) in [7, 11) is 1.80. The molecule has 3 aromatic heterocycles. The summed E-state index contributed by atoms with van der Waals surface area (Å²) in [5.74, 6) is 0.0972. The molecule has 8 heteroatoms. The van der Waals surface area contributed by atoms with Gasteiger partial charge in [0.2, 0.25) is 0 Å². The zero-order valence-corrected chi connectivity index (χ0v) is 13.5. The highest BCUT2D eigenvalue weighted by molar-refractivity contribution is 7.13. The molecule has 0 fully saturated rings. The van der Waals surface area contributed by atoms with Crippen LogP contribution in [-0.4, -0.2) is 32.3 Å². The maximum absolute atomic E-state index is 12.7. The summed E-state index contributed by atoms with van der Waals surface area (Å²) in [5, 5.41) is 18.3. The van der Waals surface area contributed by atoms with Crippen LogP contribution < -0.4 is 5.32 Å². The quantitative estimate of drug-likeness (QED) is 0.744. The predicted octanol–water partition coefficient (Wildman–Crippen LogP) is 1.91. The Morgan fingerprint density at radius 1 is 1.57 bits per heavy atom. The Morgan fingerprint density at radius 2 is 2.39 bits per heavy atom. The molecule has 0 bridgehead atoms. The number of aromatic nitrogens is 3. The number of nitrogens with zero attached hydrogens (tertiary/aromatic N) is 3. The lowest BCUT2D eigenvalue weighted by molar-refractivity contribution is 0.0913. The van der Waals surface area contributed by atoms with E-state index in [1.54, 1.807) is 31.1 Å². The maximum Gasteiger partial charge on any atom is 0.257 e. The smallest absolute Gasteiger partial charge is 0.257 e. The molecule has 23 heavy (non-hydrogen) atoms. The summed E-state index contributed by atoms with van der Waals surface area (Å²) >= 11 is 1.48. The molecule has 0 aromatic carbocycles. The highest BCUT2D eigenvalue weighted by Gasteiger charge is 2.25. The van der Waals surface area contributed by atoms with Crippen LogP contribution in [0.5, 0.6) is 0 Å². The van der Waals surface area contributed by atoms with Gasteiger partial charge in [0.05, 0.1) is 35.7 Å². The van der Waals surface area contributed by atoms with E-state index >= 15 is 0 Å². The van der Waals surface area contributed by atoms with E-state index in [2.05, 4.69) is 15.5 Å². The third kappa shape index (κ3) is 2.90. The molecule has 0 saturated heterocycles. The van der Waals surface area contributed by atoms with Crippen molar-refractivity contribution >= 4 is 17.2 Å². The molecule has 0 aliphatic rings. The average Bonchev–Trinajstić information content (AvgIpc) is 3.25. The van der Waals surface area contributed by atoms with Gasteiger partial charge < -0.3 is 19.5 Å². The molecule has 0 aliphatic heterocycles. The van der Waals surface area contributed by atoms with Crippen molar-refractivity contribution in [2.75, 3.05) is 6.61 Å². The van der Waals surface area contributed by atoms with Gasteiger partial charge in [0.15, 0.2) is 0 Å². The second-order valence-corrected chi connectivity index (χ2v) is 6.03. The molecule has 2 N–H and O–H groups in total. The summed E-state index contributed by atoms with van der Waals surface area (Å²) in [6.45, 7) is 1.46. The van der Waals surface area contributed by atoms with E-state index in [1.165, 1.54) is 11.3 Å². The van der Waals surface area contributed by atoms with Crippen LogP contribution in [-0.2, 0) is 7.05 Å². The first-order valence-corrected chi connectivity index (χ1v) is 7.88. The Bertz CT molecular complexity index is 807. The number of hydrogen-bond donors (Lipinski definition) is 2. The molecule has 3 aromatic rings. The molecule has 1 atom stereocenters. The lowest BCUT2D eigenvalue weighted by Gasteiger charge is -2.16. The zero-order chi connectivity index (χ0) is 16.4. The van der Waals surface area contributed by atoms with Gasteiger partial charge in [0.1, 0.15) is 17.0 Å². The van der Waals surface area contributed by atoms with Gasteiger partial charge in [-0.25, -0.2) is 4.98 Å². The van der Waals surface area contributed by atoms with Crippen molar-refractivity contribution in [3.8, 4) is 10.6 Å². The van der Waals surface area contributed by atoms with Gasteiger partial charge in [-0.15, -0.1) is 11.3 Å². The monoisotopic (exact) mass is 332 g/mol. The van der Waals surface area contributed by atoms with E-state index in [4.69, 9.17) is 4.52 Å². The molecule has 7 nitrogen and oxygen atoms in total. The molecule has 3 heterocycles. The number of amides is 1.